The van der Waals surface area contributed by atoms with Crippen molar-refractivity contribution in [2.45, 2.75) is 13.0 Å². The summed E-state index contributed by atoms with van der Waals surface area (Å²) in [5, 5.41) is 24.0. The van der Waals surface area contributed by atoms with E-state index in [1.54, 1.807) is 43.3 Å². The average molecular weight is 488 g/mol. The van der Waals surface area contributed by atoms with Crippen LogP contribution in [0.3, 0.4) is 0 Å². The standard InChI is InChI=1S/C24H19BClN5O4/c1-13(30-23-19-17(32)10-11-27-22(19)28-12-29-23)21-20(26)15-8-5-9-16(25(34)35)18(15)24(33)31(21)14-6-3-2-4-7-14/h2-13,34-35H,1H3,(H2,27,28,29,30,32). The first-order valence-electron chi connectivity index (χ1n) is 10.8. The van der Waals surface area contributed by atoms with E-state index >= 15 is 0 Å². The van der Waals surface area contributed by atoms with Gasteiger partial charge in [-0.2, -0.15) is 0 Å². The van der Waals surface area contributed by atoms with Crippen molar-refractivity contribution in [3.8, 4) is 5.69 Å². The van der Waals surface area contributed by atoms with E-state index in [9.17, 15) is 19.6 Å². The lowest BCUT2D eigenvalue weighted by Gasteiger charge is -2.24. The second kappa shape index (κ2) is 8.99. The number of nitrogens with zero attached hydrogens (tertiary/aromatic N) is 3. The number of halogens is 1. The molecular weight excluding hydrogens is 469 g/mol. The normalized spacial score (nSPS) is 12.1. The SMILES string of the molecule is CC(Nc1ncnc2[nH]ccc(=O)c12)c1c(Cl)c2cccc(B(O)O)c2c(=O)n1-c1ccccc1. The van der Waals surface area contributed by atoms with E-state index in [1.807, 2.05) is 6.07 Å². The Bertz CT molecular complexity index is 1680. The van der Waals surface area contributed by atoms with Crippen LogP contribution in [0.5, 0.6) is 0 Å². The van der Waals surface area contributed by atoms with Crippen molar-refractivity contribution in [3.63, 3.8) is 0 Å². The Morgan fingerprint density at radius 1 is 1.03 bits per heavy atom. The predicted octanol–water partition coefficient (Wildman–Crippen LogP) is 2.13. The highest BCUT2D eigenvalue weighted by molar-refractivity contribution is 6.62. The number of aromatic nitrogens is 4. The van der Waals surface area contributed by atoms with Gasteiger partial charge in [-0.05, 0) is 24.5 Å². The number of hydrogen-bond donors (Lipinski definition) is 4. The van der Waals surface area contributed by atoms with Crippen molar-refractivity contribution in [1.82, 2.24) is 19.5 Å². The Kier molecular flexibility index (Phi) is 5.85. The Hall–Kier alpha value is -3.99. The van der Waals surface area contributed by atoms with Gasteiger partial charge in [0.15, 0.2) is 5.43 Å². The molecule has 1 unspecified atom stereocenters. The van der Waals surface area contributed by atoms with Gasteiger partial charge < -0.3 is 20.3 Å². The maximum absolute atomic E-state index is 13.8. The predicted molar refractivity (Wildman–Crippen MR) is 137 cm³/mol. The second-order valence-corrected chi connectivity index (χ2v) is 8.35. The average Bonchev–Trinajstić information content (AvgIpc) is 2.86. The zero-order valence-electron chi connectivity index (χ0n) is 18.4. The van der Waals surface area contributed by atoms with Crippen molar-refractivity contribution in [2.24, 2.45) is 0 Å². The van der Waals surface area contributed by atoms with E-state index in [2.05, 4.69) is 20.3 Å². The highest BCUT2D eigenvalue weighted by Crippen LogP contribution is 2.32. The summed E-state index contributed by atoms with van der Waals surface area (Å²) in [4.78, 5) is 37.6. The maximum atomic E-state index is 13.8. The van der Waals surface area contributed by atoms with Gasteiger partial charge >= 0.3 is 7.12 Å². The molecule has 0 aliphatic rings. The number of aromatic amines is 1. The molecule has 0 spiro atoms. The van der Waals surface area contributed by atoms with Crippen LogP contribution >= 0.6 is 11.6 Å². The minimum atomic E-state index is -1.85. The second-order valence-electron chi connectivity index (χ2n) is 7.97. The summed E-state index contributed by atoms with van der Waals surface area (Å²) in [6, 6.07) is 14.4. The number of benzene rings is 2. The number of nitrogens with one attached hydrogen (secondary N) is 2. The van der Waals surface area contributed by atoms with Gasteiger partial charge in [0, 0.05) is 28.7 Å². The molecule has 11 heteroatoms. The minimum absolute atomic E-state index is 0.0552. The van der Waals surface area contributed by atoms with E-state index < -0.39 is 18.7 Å². The van der Waals surface area contributed by atoms with Crippen LogP contribution in [-0.2, 0) is 0 Å². The third-order valence-electron chi connectivity index (χ3n) is 5.82. The van der Waals surface area contributed by atoms with Crippen molar-refractivity contribution >= 4 is 51.8 Å². The van der Waals surface area contributed by atoms with Crippen LogP contribution in [0.2, 0.25) is 5.02 Å². The quantitative estimate of drug-likeness (QED) is 0.279. The molecule has 0 fully saturated rings. The van der Waals surface area contributed by atoms with Gasteiger partial charge in [0.1, 0.15) is 23.2 Å². The number of para-hydroxylation sites is 1. The zero-order valence-corrected chi connectivity index (χ0v) is 19.2. The van der Waals surface area contributed by atoms with Crippen molar-refractivity contribution < 1.29 is 10.0 Å². The minimum Gasteiger partial charge on any atom is -0.423 e. The fourth-order valence-corrected chi connectivity index (χ4v) is 4.68. The van der Waals surface area contributed by atoms with Crippen molar-refractivity contribution in [1.29, 1.82) is 0 Å². The van der Waals surface area contributed by atoms with Gasteiger partial charge in [0.2, 0.25) is 0 Å². The number of anilines is 1. The first-order chi connectivity index (χ1) is 16.9. The van der Waals surface area contributed by atoms with Crippen LogP contribution in [0.25, 0.3) is 27.5 Å². The fourth-order valence-electron chi connectivity index (χ4n) is 4.27. The van der Waals surface area contributed by atoms with Crippen LogP contribution in [0.1, 0.15) is 18.7 Å². The summed E-state index contributed by atoms with van der Waals surface area (Å²) in [7, 11) is -1.85. The zero-order chi connectivity index (χ0) is 24.7. The highest BCUT2D eigenvalue weighted by atomic mass is 35.5. The molecule has 0 saturated carbocycles. The van der Waals surface area contributed by atoms with Gasteiger partial charge in [0.25, 0.3) is 5.56 Å². The molecule has 0 saturated heterocycles. The van der Waals surface area contributed by atoms with Gasteiger partial charge in [0.05, 0.1) is 16.8 Å². The molecule has 3 heterocycles. The van der Waals surface area contributed by atoms with Crippen molar-refractivity contribution in [2.75, 3.05) is 5.32 Å². The Balaban J connectivity index is 1.79. The summed E-state index contributed by atoms with van der Waals surface area (Å²) in [6.07, 6.45) is 2.83. The molecule has 0 aliphatic heterocycles. The molecule has 35 heavy (non-hydrogen) atoms. The molecule has 3 aromatic heterocycles. The Morgan fingerprint density at radius 3 is 2.54 bits per heavy atom. The van der Waals surface area contributed by atoms with Crippen LogP contribution < -0.4 is 21.8 Å². The molecule has 1 atom stereocenters. The van der Waals surface area contributed by atoms with E-state index in [0.29, 0.717) is 22.4 Å². The lowest BCUT2D eigenvalue weighted by atomic mass is 9.77. The molecule has 174 valence electrons. The molecule has 9 nitrogen and oxygen atoms in total. The Morgan fingerprint density at radius 2 is 1.80 bits per heavy atom. The molecule has 0 bridgehead atoms. The molecule has 0 aliphatic carbocycles. The summed E-state index contributed by atoms with van der Waals surface area (Å²) in [6.45, 7) is 1.79. The summed E-state index contributed by atoms with van der Waals surface area (Å²) < 4.78 is 1.43. The Labute approximate surface area is 203 Å². The topological polar surface area (TPSA) is 133 Å². The number of rotatable bonds is 5. The van der Waals surface area contributed by atoms with E-state index in [-0.39, 0.29) is 32.5 Å². The van der Waals surface area contributed by atoms with Gasteiger partial charge in [-0.15, -0.1) is 0 Å². The lowest BCUT2D eigenvalue weighted by Crippen LogP contribution is -2.36. The molecule has 4 N–H and O–H groups in total. The van der Waals surface area contributed by atoms with Crippen LogP contribution in [-0.4, -0.2) is 36.7 Å². The third kappa shape index (κ3) is 3.87. The fraction of sp³-hybridized carbons (Fsp3) is 0.0833. The maximum Gasteiger partial charge on any atom is 0.489 e. The molecule has 5 rings (SSSR count). The van der Waals surface area contributed by atoms with Crippen molar-refractivity contribution in [3.05, 3.63) is 98.4 Å². The first-order valence-corrected chi connectivity index (χ1v) is 11.1. The number of H-pyrrole nitrogens is 1. The smallest absolute Gasteiger partial charge is 0.423 e. The number of hydrogen-bond acceptors (Lipinski definition) is 7. The summed E-state index contributed by atoms with van der Waals surface area (Å²) in [5.41, 5.74) is 0.652. The first kappa shape index (κ1) is 22.8. The highest BCUT2D eigenvalue weighted by Gasteiger charge is 2.26. The summed E-state index contributed by atoms with van der Waals surface area (Å²) in [5.74, 6) is 0.284. The molecule has 5 aromatic rings. The number of pyridine rings is 2. The largest absolute Gasteiger partial charge is 0.489 e. The molecule has 0 radical (unpaired) electrons. The van der Waals surface area contributed by atoms with Crippen LogP contribution in [0.15, 0.2) is 76.7 Å². The third-order valence-corrected chi connectivity index (χ3v) is 6.22. The molecule has 2 aromatic carbocycles. The summed E-state index contributed by atoms with van der Waals surface area (Å²) >= 11 is 6.89. The van der Waals surface area contributed by atoms with Gasteiger partial charge in [-0.25, -0.2) is 9.97 Å². The lowest BCUT2D eigenvalue weighted by molar-refractivity contribution is 0.426. The van der Waals surface area contributed by atoms with Crippen LogP contribution in [0.4, 0.5) is 5.82 Å². The van der Waals surface area contributed by atoms with E-state index in [1.165, 1.54) is 29.2 Å². The van der Waals surface area contributed by atoms with E-state index in [4.69, 9.17) is 11.6 Å². The monoisotopic (exact) mass is 487 g/mol. The van der Waals surface area contributed by atoms with Crippen LogP contribution in [0, 0.1) is 0 Å². The molecular formula is C24H19BClN5O4. The van der Waals surface area contributed by atoms with E-state index in [0.717, 1.165) is 0 Å². The van der Waals surface area contributed by atoms with Gasteiger partial charge in [-0.3, -0.25) is 14.2 Å². The van der Waals surface area contributed by atoms with Gasteiger partial charge in [-0.1, -0.05) is 48.0 Å². The molecule has 0 amide bonds. The number of fused-ring (bicyclic) bond motifs is 2.